The monoisotopic (exact) mass is 230 g/mol. The number of hydrogen-bond acceptors (Lipinski definition) is 0. The maximum Gasteiger partial charge on any atom is -0.0155 e. The van der Waals surface area contributed by atoms with E-state index < -0.39 is 0 Å². The van der Waals surface area contributed by atoms with Crippen molar-refractivity contribution in [2.45, 2.75) is 36.1 Å². The van der Waals surface area contributed by atoms with Crippen LogP contribution in [0.1, 0.15) is 33.4 Å². The molecular weight excluding hydrogens is 204 g/mol. The van der Waals surface area contributed by atoms with Crippen molar-refractivity contribution < 1.29 is 0 Å². The molecule has 0 saturated heterocycles. The van der Waals surface area contributed by atoms with E-state index >= 15 is 0 Å². The van der Waals surface area contributed by atoms with E-state index in [-0.39, 0.29) is 22.3 Å². The molecule has 0 fully saturated rings. The lowest BCUT2D eigenvalue weighted by atomic mass is 9.99. The van der Waals surface area contributed by atoms with Crippen molar-refractivity contribution >= 4 is 0 Å². The maximum absolute atomic E-state index is 2.22. The first-order chi connectivity index (χ1) is 6.77. The Labute approximate surface area is 107 Å². The fourth-order valence-electron chi connectivity index (χ4n) is 1.71. The van der Waals surface area contributed by atoms with E-state index in [9.17, 15) is 0 Å². The van der Waals surface area contributed by atoms with Gasteiger partial charge in [0.25, 0.3) is 0 Å². The SMILES string of the molecule is C.C.C.Cc1cccc(-c2ccccc2C)c1. The standard InChI is InChI=1S/C14H14.3CH4/c1-11-6-5-8-13(10-11)14-9-4-3-7-12(14)2;;;/h3-10H,1-2H3;3*1H4. The summed E-state index contributed by atoms with van der Waals surface area (Å²) in [5, 5.41) is 0. The quantitative estimate of drug-likeness (QED) is 0.574. The highest BCUT2D eigenvalue weighted by molar-refractivity contribution is 5.67. The second-order valence-corrected chi connectivity index (χ2v) is 3.68. The third-order valence-electron chi connectivity index (χ3n) is 2.47. The molecule has 0 heteroatoms. The van der Waals surface area contributed by atoms with Crippen LogP contribution in [0.25, 0.3) is 11.1 Å². The second-order valence-electron chi connectivity index (χ2n) is 3.68. The normalized spacial score (nSPS) is 8.35. The van der Waals surface area contributed by atoms with Gasteiger partial charge in [0.2, 0.25) is 0 Å². The molecule has 0 aliphatic rings. The van der Waals surface area contributed by atoms with Crippen LogP contribution in [0.2, 0.25) is 0 Å². The van der Waals surface area contributed by atoms with Gasteiger partial charge in [-0.15, -0.1) is 0 Å². The van der Waals surface area contributed by atoms with Crippen molar-refractivity contribution in [2.24, 2.45) is 0 Å². The Balaban J connectivity index is 0. The number of aryl methyl sites for hydroxylation is 2. The summed E-state index contributed by atoms with van der Waals surface area (Å²) in [5.41, 5.74) is 5.28. The molecule has 0 heterocycles. The lowest BCUT2D eigenvalue weighted by Gasteiger charge is -2.05. The summed E-state index contributed by atoms with van der Waals surface area (Å²) < 4.78 is 0. The summed E-state index contributed by atoms with van der Waals surface area (Å²) in [5.74, 6) is 0. The molecule has 0 aliphatic carbocycles. The van der Waals surface area contributed by atoms with Gasteiger partial charge in [0.1, 0.15) is 0 Å². The van der Waals surface area contributed by atoms with Crippen LogP contribution in [0.5, 0.6) is 0 Å². The molecule has 2 rings (SSSR count). The molecular formula is C17H26. The van der Waals surface area contributed by atoms with Crippen LogP contribution < -0.4 is 0 Å². The predicted octanol–water partition coefficient (Wildman–Crippen LogP) is 5.88. The average Bonchev–Trinajstić information content (AvgIpc) is 2.18. The Bertz CT molecular complexity index is 441. The zero-order chi connectivity index (χ0) is 9.97. The van der Waals surface area contributed by atoms with Crippen molar-refractivity contribution in [3.8, 4) is 11.1 Å². The third kappa shape index (κ3) is 4.07. The Hall–Kier alpha value is -1.56. The summed E-state index contributed by atoms with van der Waals surface area (Å²) >= 11 is 0. The fourth-order valence-corrected chi connectivity index (χ4v) is 1.71. The minimum absolute atomic E-state index is 0. The van der Waals surface area contributed by atoms with Gasteiger partial charge in [0, 0.05) is 0 Å². The molecule has 0 atom stereocenters. The Morgan fingerprint density at radius 2 is 1.35 bits per heavy atom. The van der Waals surface area contributed by atoms with Crippen LogP contribution in [0.4, 0.5) is 0 Å². The molecule has 0 saturated carbocycles. The van der Waals surface area contributed by atoms with Gasteiger partial charge in [-0.1, -0.05) is 76.4 Å². The lowest BCUT2D eigenvalue weighted by Crippen LogP contribution is -1.82. The summed E-state index contributed by atoms with van der Waals surface area (Å²) in [6.45, 7) is 4.28. The number of benzene rings is 2. The molecule has 94 valence electrons. The van der Waals surface area contributed by atoms with Gasteiger partial charge < -0.3 is 0 Å². The van der Waals surface area contributed by atoms with Crippen molar-refractivity contribution in [2.75, 3.05) is 0 Å². The van der Waals surface area contributed by atoms with Gasteiger partial charge in [-0.25, -0.2) is 0 Å². The molecule has 0 spiro atoms. The second kappa shape index (κ2) is 7.67. The summed E-state index contributed by atoms with van der Waals surface area (Å²) in [7, 11) is 0. The minimum Gasteiger partial charge on any atom is -0.0776 e. The summed E-state index contributed by atoms with van der Waals surface area (Å²) in [4.78, 5) is 0. The van der Waals surface area contributed by atoms with E-state index in [1.807, 2.05) is 0 Å². The first-order valence-electron chi connectivity index (χ1n) is 4.90. The molecule has 2 aromatic carbocycles. The maximum atomic E-state index is 2.22. The lowest BCUT2D eigenvalue weighted by molar-refractivity contribution is 1.43. The number of hydrogen-bond donors (Lipinski definition) is 0. The van der Waals surface area contributed by atoms with Crippen molar-refractivity contribution in [1.29, 1.82) is 0 Å². The minimum atomic E-state index is 0. The van der Waals surface area contributed by atoms with Gasteiger partial charge >= 0.3 is 0 Å². The van der Waals surface area contributed by atoms with Crippen LogP contribution in [0.3, 0.4) is 0 Å². The molecule has 0 radical (unpaired) electrons. The van der Waals surface area contributed by atoms with E-state index in [4.69, 9.17) is 0 Å². The van der Waals surface area contributed by atoms with Crippen LogP contribution in [-0.4, -0.2) is 0 Å². The highest BCUT2D eigenvalue weighted by Crippen LogP contribution is 2.23. The van der Waals surface area contributed by atoms with Gasteiger partial charge in [0.15, 0.2) is 0 Å². The van der Waals surface area contributed by atoms with Gasteiger partial charge in [-0.2, -0.15) is 0 Å². The fraction of sp³-hybridized carbons (Fsp3) is 0.294. The van der Waals surface area contributed by atoms with Crippen molar-refractivity contribution in [3.63, 3.8) is 0 Å². The van der Waals surface area contributed by atoms with Crippen LogP contribution in [0, 0.1) is 13.8 Å². The first kappa shape index (κ1) is 17.8. The predicted molar refractivity (Wildman–Crippen MR) is 81.5 cm³/mol. The Morgan fingerprint density at radius 1 is 0.706 bits per heavy atom. The average molecular weight is 230 g/mol. The van der Waals surface area contributed by atoms with Crippen LogP contribution in [0.15, 0.2) is 48.5 Å². The zero-order valence-electron chi connectivity index (χ0n) is 8.62. The summed E-state index contributed by atoms with van der Waals surface area (Å²) in [6.07, 6.45) is 0. The Kier molecular flexibility index (Phi) is 8.04. The van der Waals surface area contributed by atoms with Gasteiger partial charge in [0.05, 0.1) is 0 Å². The highest BCUT2D eigenvalue weighted by Gasteiger charge is 1.99. The largest absolute Gasteiger partial charge is 0.0776 e. The molecule has 0 aliphatic heterocycles. The zero-order valence-corrected chi connectivity index (χ0v) is 8.62. The van der Waals surface area contributed by atoms with E-state index in [2.05, 4.69) is 62.4 Å². The molecule has 0 aromatic heterocycles. The molecule has 0 amide bonds. The number of rotatable bonds is 1. The molecule has 0 bridgehead atoms. The third-order valence-corrected chi connectivity index (χ3v) is 2.47. The molecule has 17 heavy (non-hydrogen) atoms. The van der Waals surface area contributed by atoms with Crippen molar-refractivity contribution in [1.82, 2.24) is 0 Å². The molecule has 0 nitrogen and oxygen atoms in total. The Morgan fingerprint density at radius 3 is 1.94 bits per heavy atom. The van der Waals surface area contributed by atoms with Crippen LogP contribution in [-0.2, 0) is 0 Å². The van der Waals surface area contributed by atoms with E-state index in [1.165, 1.54) is 22.3 Å². The van der Waals surface area contributed by atoms with Gasteiger partial charge in [-0.05, 0) is 30.5 Å². The van der Waals surface area contributed by atoms with Crippen LogP contribution >= 0.6 is 0 Å². The molecule has 0 N–H and O–H groups in total. The smallest absolute Gasteiger partial charge is 0.0155 e. The van der Waals surface area contributed by atoms with E-state index in [0.29, 0.717) is 0 Å². The van der Waals surface area contributed by atoms with Crippen molar-refractivity contribution in [3.05, 3.63) is 59.7 Å². The topological polar surface area (TPSA) is 0 Å². The summed E-state index contributed by atoms with van der Waals surface area (Å²) in [6, 6.07) is 17.1. The van der Waals surface area contributed by atoms with E-state index in [1.54, 1.807) is 0 Å². The van der Waals surface area contributed by atoms with Gasteiger partial charge in [-0.3, -0.25) is 0 Å². The molecule has 2 aromatic rings. The first-order valence-corrected chi connectivity index (χ1v) is 4.90. The molecule has 0 unspecified atom stereocenters. The van der Waals surface area contributed by atoms with E-state index in [0.717, 1.165) is 0 Å². The highest BCUT2D eigenvalue weighted by atomic mass is 14.0.